The van der Waals surface area contributed by atoms with Gasteiger partial charge in [-0.05, 0) is 109 Å². The van der Waals surface area contributed by atoms with Crippen molar-refractivity contribution in [3.05, 3.63) is 134 Å². The first-order valence-electron chi connectivity index (χ1n) is 29.7. The minimum atomic E-state index is -0.786. The van der Waals surface area contributed by atoms with E-state index in [1.54, 1.807) is 0 Å². The summed E-state index contributed by atoms with van der Waals surface area (Å²) in [7, 11) is 0. The van der Waals surface area contributed by atoms with Crippen molar-refractivity contribution < 1.29 is 24.2 Å². The van der Waals surface area contributed by atoms with E-state index in [9.17, 15) is 14.7 Å². The zero-order valence-corrected chi connectivity index (χ0v) is 46.6. The molecule has 0 spiro atoms. The zero-order chi connectivity index (χ0) is 52.0. The number of rotatable bonds is 53. The highest BCUT2D eigenvalue weighted by Gasteiger charge is 2.16. The summed E-state index contributed by atoms with van der Waals surface area (Å²) in [6.07, 6.45) is 91.5. The lowest BCUT2D eigenvalue weighted by Crippen LogP contribution is -2.28. The van der Waals surface area contributed by atoms with Crippen LogP contribution < -0.4 is 0 Å². The van der Waals surface area contributed by atoms with Gasteiger partial charge in [0.2, 0.25) is 0 Å². The molecule has 0 aromatic carbocycles. The van der Waals surface area contributed by atoms with Crippen LogP contribution >= 0.6 is 0 Å². The van der Waals surface area contributed by atoms with Gasteiger partial charge in [0.25, 0.3) is 0 Å². The molecular weight excluding hydrogens is 885 g/mol. The summed E-state index contributed by atoms with van der Waals surface area (Å²) >= 11 is 0. The number of aliphatic hydroxyl groups excluding tert-OH is 1. The SMILES string of the molecule is CC/C=C\C/C=C\C/C=C\C/C=C\C/C=C\C/C=C\C/C=C\CCCCCCCCCCCCCCCCCCCC(=O)OC(CO)COC(=O)CCCCCCCC/C=C\C/C=C\C/C=C\C/C=C\CC. The van der Waals surface area contributed by atoms with Crippen molar-refractivity contribution in [2.45, 2.75) is 264 Å². The Morgan fingerprint density at radius 3 is 0.833 bits per heavy atom. The average Bonchev–Trinajstić information content (AvgIpc) is 3.38. The summed E-state index contributed by atoms with van der Waals surface area (Å²) in [5, 5.41) is 9.65. The molecule has 0 amide bonds. The molecule has 0 aliphatic heterocycles. The van der Waals surface area contributed by atoms with Gasteiger partial charge in [0.05, 0.1) is 6.61 Å². The summed E-state index contributed by atoms with van der Waals surface area (Å²) in [6.45, 7) is 3.91. The van der Waals surface area contributed by atoms with Crippen LogP contribution in [0.25, 0.3) is 0 Å². The minimum absolute atomic E-state index is 0.0782. The largest absolute Gasteiger partial charge is 0.462 e. The minimum Gasteiger partial charge on any atom is -0.462 e. The molecule has 0 aromatic heterocycles. The Morgan fingerprint density at radius 2 is 0.556 bits per heavy atom. The van der Waals surface area contributed by atoms with E-state index in [0.717, 1.165) is 116 Å². The molecule has 0 rings (SSSR count). The van der Waals surface area contributed by atoms with Crippen LogP contribution in [0.3, 0.4) is 0 Å². The third-order valence-corrected chi connectivity index (χ3v) is 12.4. The molecule has 0 saturated heterocycles. The van der Waals surface area contributed by atoms with Gasteiger partial charge in [0, 0.05) is 12.8 Å². The molecule has 0 saturated carbocycles. The van der Waals surface area contributed by atoms with Gasteiger partial charge >= 0.3 is 11.9 Å². The fourth-order valence-electron chi connectivity index (χ4n) is 8.06. The van der Waals surface area contributed by atoms with E-state index in [-0.39, 0.29) is 25.2 Å². The fourth-order valence-corrected chi connectivity index (χ4v) is 8.06. The van der Waals surface area contributed by atoms with Crippen LogP contribution in [0.5, 0.6) is 0 Å². The second-order valence-electron chi connectivity index (χ2n) is 19.3. The van der Waals surface area contributed by atoms with Gasteiger partial charge in [-0.3, -0.25) is 9.59 Å². The van der Waals surface area contributed by atoms with Gasteiger partial charge in [-0.1, -0.05) is 270 Å². The Kier molecular flexibility index (Phi) is 58.0. The number of carbonyl (C=O) groups excluding carboxylic acids is 2. The van der Waals surface area contributed by atoms with Crippen LogP contribution in [0.4, 0.5) is 0 Å². The number of aliphatic hydroxyl groups is 1. The molecule has 0 radical (unpaired) electrons. The lowest BCUT2D eigenvalue weighted by molar-refractivity contribution is -0.161. The molecule has 1 atom stereocenters. The van der Waals surface area contributed by atoms with E-state index in [0.29, 0.717) is 12.8 Å². The molecule has 1 N–H and O–H groups in total. The second-order valence-corrected chi connectivity index (χ2v) is 19.3. The molecule has 408 valence electrons. The monoisotopic (exact) mass is 995 g/mol. The first-order valence-corrected chi connectivity index (χ1v) is 29.7. The number of esters is 2. The quantitative estimate of drug-likeness (QED) is 0.0373. The Labute approximate surface area is 445 Å². The Bertz CT molecular complexity index is 1500. The van der Waals surface area contributed by atoms with Gasteiger partial charge in [-0.2, -0.15) is 0 Å². The highest BCUT2D eigenvalue weighted by Crippen LogP contribution is 2.16. The number of ether oxygens (including phenoxy) is 2. The Morgan fingerprint density at radius 1 is 0.319 bits per heavy atom. The Balaban J connectivity index is 3.51. The van der Waals surface area contributed by atoms with Crippen LogP contribution in [0.15, 0.2) is 134 Å². The van der Waals surface area contributed by atoms with Crippen LogP contribution in [-0.4, -0.2) is 36.4 Å². The zero-order valence-electron chi connectivity index (χ0n) is 46.6. The Hall–Kier alpha value is -3.96. The number of unbranched alkanes of at least 4 members (excludes halogenated alkanes) is 23. The molecule has 72 heavy (non-hydrogen) atoms. The first kappa shape index (κ1) is 68.0. The topological polar surface area (TPSA) is 72.8 Å². The van der Waals surface area contributed by atoms with Gasteiger partial charge < -0.3 is 14.6 Å². The summed E-state index contributed by atoms with van der Waals surface area (Å²) in [6, 6.07) is 0. The van der Waals surface area contributed by atoms with E-state index in [4.69, 9.17) is 9.47 Å². The number of carbonyl (C=O) groups is 2. The third-order valence-electron chi connectivity index (χ3n) is 12.4. The molecule has 0 fully saturated rings. The number of allylic oxidation sites excluding steroid dienone is 22. The van der Waals surface area contributed by atoms with Crippen LogP contribution in [0.2, 0.25) is 0 Å². The van der Waals surface area contributed by atoms with Crippen molar-refractivity contribution in [3.8, 4) is 0 Å². The van der Waals surface area contributed by atoms with Crippen molar-refractivity contribution in [1.82, 2.24) is 0 Å². The standard InChI is InChI=1S/C67H110O5/c1-3-5-7-9-11-13-15-17-19-21-23-24-25-26-27-28-29-30-31-32-33-34-35-36-37-38-39-40-41-42-44-46-48-50-52-54-56-58-60-62-67(70)72-65(63-68)64-71-66(69)61-59-57-55-53-51-49-47-45-43-22-20-18-16-14-12-10-8-6-4-2/h5-8,11-14,17-20,23-24,26-27,29-30,32-33,43,45,65,68H,3-4,9-10,15-16,21-22,25,28,31,34-42,44,46-64H2,1-2H3/b7-5-,8-6-,13-11-,14-12-,19-17-,20-18-,24-23-,27-26-,30-29-,33-32-,45-43-. The second kappa shape index (κ2) is 61.3. The summed E-state index contributed by atoms with van der Waals surface area (Å²) < 4.78 is 10.7. The average molecular weight is 996 g/mol. The maximum atomic E-state index is 12.3. The maximum absolute atomic E-state index is 12.3. The van der Waals surface area contributed by atoms with E-state index >= 15 is 0 Å². The molecule has 0 aliphatic rings. The summed E-state index contributed by atoms with van der Waals surface area (Å²) in [5.74, 6) is -0.608. The van der Waals surface area contributed by atoms with Crippen LogP contribution in [0.1, 0.15) is 258 Å². The molecule has 5 nitrogen and oxygen atoms in total. The number of hydrogen-bond acceptors (Lipinski definition) is 5. The molecule has 0 heterocycles. The van der Waals surface area contributed by atoms with Crippen molar-refractivity contribution in [3.63, 3.8) is 0 Å². The summed E-state index contributed by atoms with van der Waals surface area (Å²) in [4.78, 5) is 24.5. The highest BCUT2D eigenvalue weighted by molar-refractivity contribution is 5.70. The molecule has 5 heteroatoms. The van der Waals surface area contributed by atoms with Gasteiger partial charge in [-0.15, -0.1) is 0 Å². The lowest BCUT2D eigenvalue weighted by Gasteiger charge is -2.15. The lowest BCUT2D eigenvalue weighted by atomic mass is 10.0. The van der Waals surface area contributed by atoms with Gasteiger partial charge in [-0.25, -0.2) is 0 Å². The molecule has 1 unspecified atom stereocenters. The van der Waals surface area contributed by atoms with E-state index in [1.165, 1.54) is 116 Å². The summed E-state index contributed by atoms with van der Waals surface area (Å²) in [5.41, 5.74) is 0. The molecule has 0 aromatic rings. The van der Waals surface area contributed by atoms with E-state index in [1.807, 2.05) is 0 Å². The van der Waals surface area contributed by atoms with Crippen LogP contribution in [-0.2, 0) is 19.1 Å². The highest BCUT2D eigenvalue weighted by atomic mass is 16.6. The van der Waals surface area contributed by atoms with Crippen LogP contribution in [0, 0.1) is 0 Å². The molecular formula is C67H110O5. The first-order chi connectivity index (χ1) is 35.6. The third kappa shape index (κ3) is 58.6. The molecule has 0 aliphatic carbocycles. The predicted octanol–water partition coefficient (Wildman–Crippen LogP) is 20.4. The van der Waals surface area contributed by atoms with Crippen molar-refractivity contribution in [2.24, 2.45) is 0 Å². The number of hydrogen-bond donors (Lipinski definition) is 1. The normalized spacial score (nSPS) is 13.2. The van der Waals surface area contributed by atoms with Gasteiger partial charge in [0.1, 0.15) is 6.61 Å². The van der Waals surface area contributed by atoms with E-state index in [2.05, 4.69) is 148 Å². The predicted molar refractivity (Wildman–Crippen MR) is 315 cm³/mol. The van der Waals surface area contributed by atoms with Crippen molar-refractivity contribution >= 4 is 11.9 Å². The van der Waals surface area contributed by atoms with Gasteiger partial charge in [0.15, 0.2) is 6.10 Å². The van der Waals surface area contributed by atoms with E-state index < -0.39 is 6.10 Å². The maximum Gasteiger partial charge on any atom is 0.306 e. The van der Waals surface area contributed by atoms with Crippen molar-refractivity contribution in [2.75, 3.05) is 13.2 Å². The molecule has 0 bridgehead atoms. The smallest absolute Gasteiger partial charge is 0.306 e. The fraction of sp³-hybridized carbons (Fsp3) is 0.642. The van der Waals surface area contributed by atoms with Crippen molar-refractivity contribution in [1.29, 1.82) is 0 Å².